The van der Waals surface area contributed by atoms with Gasteiger partial charge in [-0.1, -0.05) is 36.8 Å². The van der Waals surface area contributed by atoms with Gasteiger partial charge in [0.25, 0.3) is 0 Å². The summed E-state index contributed by atoms with van der Waals surface area (Å²) in [6, 6.07) is 8.82. The summed E-state index contributed by atoms with van der Waals surface area (Å²) in [5, 5.41) is 3.55. The average Bonchev–Trinajstić information content (AvgIpc) is 2.77. The maximum Gasteiger partial charge on any atom is 0.150 e. The molecule has 20 heavy (non-hydrogen) atoms. The van der Waals surface area contributed by atoms with Crippen LogP contribution in [0.2, 0.25) is 0 Å². The minimum atomic E-state index is -2.80. The van der Waals surface area contributed by atoms with Crippen LogP contribution in [0.4, 0.5) is 0 Å². The minimum Gasteiger partial charge on any atom is -0.313 e. The molecule has 4 heteroatoms. The lowest BCUT2D eigenvalue weighted by atomic mass is 9.92. The van der Waals surface area contributed by atoms with Gasteiger partial charge >= 0.3 is 0 Å². The Morgan fingerprint density at radius 1 is 1.30 bits per heavy atom. The Bertz CT molecular complexity index is 522. The predicted octanol–water partition coefficient (Wildman–Crippen LogP) is 2.34. The van der Waals surface area contributed by atoms with Crippen molar-refractivity contribution in [2.45, 2.75) is 39.2 Å². The standard InChI is InChI=1S/C16H25NO2S/c1-3-9-17-16(15-8-10-20(18,19)12-15)11-14-6-4-13(2)5-7-14/h4-7,15-17H,3,8-12H2,1-2H3. The predicted molar refractivity (Wildman–Crippen MR) is 83.7 cm³/mol. The van der Waals surface area contributed by atoms with Crippen molar-refractivity contribution in [1.82, 2.24) is 5.32 Å². The van der Waals surface area contributed by atoms with Gasteiger partial charge in [-0.25, -0.2) is 8.42 Å². The van der Waals surface area contributed by atoms with E-state index in [9.17, 15) is 8.42 Å². The van der Waals surface area contributed by atoms with Gasteiger partial charge in [0.1, 0.15) is 0 Å². The smallest absolute Gasteiger partial charge is 0.150 e. The van der Waals surface area contributed by atoms with Crippen LogP contribution in [0.5, 0.6) is 0 Å². The molecule has 1 aliphatic rings. The fourth-order valence-corrected chi connectivity index (χ4v) is 4.73. The molecule has 1 saturated heterocycles. The van der Waals surface area contributed by atoms with Gasteiger partial charge in [0.05, 0.1) is 11.5 Å². The zero-order valence-electron chi connectivity index (χ0n) is 12.4. The molecule has 3 nitrogen and oxygen atoms in total. The molecule has 1 aliphatic heterocycles. The second kappa shape index (κ2) is 6.72. The van der Waals surface area contributed by atoms with Gasteiger partial charge in [-0.3, -0.25) is 0 Å². The van der Waals surface area contributed by atoms with Crippen LogP contribution in [-0.4, -0.2) is 32.5 Å². The van der Waals surface area contributed by atoms with Crippen molar-refractivity contribution >= 4 is 9.84 Å². The van der Waals surface area contributed by atoms with Crippen molar-refractivity contribution in [2.75, 3.05) is 18.1 Å². The third-order valence-electron chi connectivity index (χ3n) is 4.07. The van der Waals surface area contributed by atoms with Gasteiger partial charge < -0.3 is 5.32 Å². The van der Waals surface area contributed by atoms with Crippen LogP contribution in [-0.2, 0) is 16.3 Å². The molecule has 1 N–H and O–H groups in total. The lowest BCUT2D eigenvalue weighted by Gasteiger charge is -2.24. The normalized spacial score (nSPS) is 22.8. The molecule has 0 saturated carbocycles. The number of hydrogen-bond acceptors (Lipinski definition) is 3. The zero-order chi connectivity index (χ0) is 14.6. The molecule has 1 fully saturated rings. The van der Waals surface area contributed by atoms with Crippen molar-refractivity contribution in [3.63, 3.8) is 0 Å². The molecule has 0 aromatic heterocycles. The van der Waals surface area contributed by atoms with Crippen LogP contribution in [0.15, 0.2) is 24.3 Å². The van der Waals surface area contributed by atoms with E-state index in [1.165, 1.54) is 11.1 Å². The Balaban J connectivity index is 2.05. The molecule has 112 valence electrons. The first-order chi connectivity index (χ1) is 9.50. The molecule has 0 spiro atoms. The number of rotatable bonds is 6. The van der Waals surface area contributed by atoms with Crippen LogP contribution in [0.3, 0.4) is 0 Å². The van der Waals surface area contributed by atoms with Crippen LogP contribution in [0, 0.1) is 12.8 Å². The summed E-state index contributed by atoms with van der Waals surface area (Å²) >= 11 is 0. The first-order valence-electron chi connectivity index (χ1n) is 7.49. The van der Waals surface area contributed by atoms with Crippen molar-refractivity contribution in [2.24, 2.45) is 5.92 Å². The molecule has 1 heterocycles. The van der Waals surface area contributed by atoms with E-state index in [4.69, 9.17) is 0 Å². The summed E-state index contributed by atoms with van der Waals surface area (Å²) in [4.78, 5) is 0. The number of benzene rings is 1. The lowest BCUT2D eigenvalue weighted by Crippen LogP contribution is -2.39. The number of hydrogen-bond donors (Lipinski definition) is 1. The van der Waals surface area contributed by atoms with Crippen molar-refractivity contribution in [3.05, 3.63) is 35.4 Å². The molecule has 0 amide bonds. The topological polar surface area (TPSA) is 46.2 Å². The van der Waals surface area contributed by atoms with E-state index in [1.54, 1.807) is 0 Å². The second-order valence-electron chi connectivity index (χ2n) is 5.91. The lowest BCUT2D eigenvalue weighted by molar-refractivity contribution is 0.379. The van der Waals surface area contributed by atoms with Gasteiger partial charge in [0.2, 0.25) is 0 Å². The van der Waals surface area contributed by atoms with Crippen molar-refractivity contribution < 1.29 is 8.42 Å². The maximum absolute atomic E-state index is 11.7. The summed E-state index contributed by atoms with van der Waals surface area (Å²) in [6.07, 6.45) is 2.79. The Labute approximate surface area is 122 Å². The van der Waals surface area contributed by atoms with E-state index >= 15 is 0 Å². The highest BCUT2D eigenvalue weighted by Gasteiger charge is 2.33. The average molecular weight is 295 g/mol. The zero-order valence-corrected chi connectivity index (χ0v) is 13.2. The quantitative estimate of drug-likeness (QED) is 0.876. The number of sulfone groups is 1. The summed E-state index contributed by atoms with van der Waals surface area (Å²) in [6.45, 7) is 5.18. The maximum atomic E-state index is 11.7. The summed E-state index contributed by atoms with van der Waals surface area (Å²) in [5.74, 6) is 0.962. The minimum absolute atomic E-state index is 0.257. The van der Waals surface area contributed by atoms with Gasteiger partial charge in [-0.05, 0) is 44.2 Å². The Hall–Kier alpha value is -0.870. The molecule has 2 rings (SSSR count). The van der Waals surface area contributed by atoms with Gasteiger partial charge in [0.15, 0.2) is 9.84 Å². The molecule has 0 radical (unpaired) electrons. The fourth-order valence-electron chi connectivity index (χ4n) is 2.85. The van der Waals surface area contributed by atoms with Crippen molar-refractivity contribution in [3.8, 4) is 0 Å². The van der Waals surface area contributed by atoms with E-state index < -0.39 is 9.84 Å². The fraction of sp³-hybridized carbons (Fsp3) is 0.625. The van der Waals surface area contributed by atoms with Crippen LogP contribution in [0.25, 0.3) is 0 Å². The van der Waals surface area contributed by atoms with Crippen molar-refractivity contribution in [1.29, 1.82) is 0 Å². The summed E-state index contributed by atoms with van der Waals surface area (Å²) < 4.78 is 23.4. The van der Waals surface area contributed by atoms with E-state index in [0.717, 1.165) is 25.8 Å². The molecule has 0 aliphatic carbocycles. The Kier molecular flexibility index (Phi) is 5.22. The second-order valence-corrected chi connectivity index (χ2v) is 8.14. The molecular formula is C16H25NO2S. The molecular weight excluding hydrogens is 270 g/mol. The summed E-state index contributed by atoms with van der Waals surface area (Å²) in [7, 11) is -2.80. The SMILES string of the molecule is CCCNC(Cc1ccc(C)cc1)C1CCS(=O)(=O)C1. The van der Waals surface area contributed by atoms with E-state index in [2.05, 4.69) is 43.4 Å². The first kappa shape index (κ1) is 15.5. The van der Waals surface area contributed by atoms with Gasteiger partial charge in [-0.2, -0.15) is 0 Å². The Morgan fingerprint density at radius 2 is 2.00 bits per heavy atom. The van der Waals surface area contributed by atoms with E-state index in [0.29, 0.717) is 11.5 Å². The highest BCUT2D eigenvalue weighted by molar-refractivity contribution is 7.91. The van der Waals surface area contributed by atoms with Gasteiger partial charge in [-0.15, -0.1) is 0 Å². The Morgan fingerprint density at radius 3 is 2.55 bits per heavy atom. The van der Waals surface area contributed by atoms with Crippen LogP contribution in [0.1, 0.15) is 30.9 Å². The highest BCUT2D eigenvalue weighted by Crippen LogP contribution is 2.24. The van der Waals surface area contributed by atoms with Gasteiger partial charge in [0, 0.05) is 6.04 Å². The monoisotopic (exact) mass is 295 g/mol. The third-order valence-corrected chi connectivity index (χ3v) is 5.86. The third kappa shape index (κ3) is 4.32. The highest BCUT2D eigenvalue weighted by atomic mass is 32.2. The first-order valence-corrected chi connectivity index (χ1v) is 9.31. The number of nitrogens with one attached hydrogen (secondary N) is 1. The van der Waals surface area contributed by atoms with Crippen LogP contribution < -0.4 is 5.32 Å². The molecule has 1 aromatic rings. The largest absolute Gasteiger partial charge is 0.313 e. The number of aryl methyl sites for hydroxylation is 1. The molecule has 0 bridgehead atoms. The van der Waals surface area contributed by atoms with E-state index in [-0.39, 0.29) is 12.0 Å². The molecule has 1 aromatic carbocycles. The van der Waals surface area contributed by atoms with Crippen LogP contribution >= 0.6 is 0 Å². The van der Waals surface area contributed by atoms with E-state index in [1.807, 2.05) is 0 Å². The summed E-state index contributed by atoms with van der Waals surface area (Å²) in [5.41, 5.74) is 2.55. The molecule has 2 atom stereocenters. The molecule has 2 unspecified atom stereocenters.